The van der Waals surface area contributed by atoms with Gasteiger partial charge < -0.3 is 29.5 Å². The third kappa shape index (κ3) is 3.55. The molecule has 8 nitrogen and oxygen atoms in total. The number of halogens is 1. The monoisotopic (exact) mass is 452 g/mol. The third-order valence-electron chi connectivity index (χ3n) is 6.12. The molecule has 0 atom stereocenters. The first-order valence-corrected chi connectivity index (χ1v) is 10.9. The van der Waals surface area contributed by atoms with Crippen LogP contribution in [0.2, 0.25) is 5.02 Å². The maximum absolute atomic E-state index is 10.7. The molecule has 0 amide bonds. The third-order valence-corrected chi connectivity index (χ3v) is 6.42. The lowest BCUT2D eigenvalue weighted by molar-refractivity contribution is 0.313. The molecule has 0 spiro atoms. The lowest BCUT2D eigenvalue weighted by Gasteiger charge is -2.34. The van der Waals surface area contributed by atoms with Gasteiger partial charge in [-0.2, -0.15) is 0 Å². The number of likely N-dealkylation sites (N-methyl/N-ethyl adjacent to an activating group) is 1. The van der Waals surface area contributed by atoms with E-state index in [1.165, 1.54) is 0 Å². The molecule has 32 heavy (non-hydrogen) atoms. The van der Waals surface area contributed by atoms with Crippen LogP contribution in [0.25, 0.3) is 16.6 Å². The molecule has 1 fully saturated rings. The lowest BCUT2D eigenvalue weighted by atomic mass is 10.2. The van der Waals surface area contributed by atoms with Crippen molar-refractivity contribution in [3.8, 4) is 5.75 Å². The van der Waals surface area contributed by atoms with Gasteiger partial charge in [-0.15, -0.1) is 0 Å². The molecular formula is C23H25ClN6O2. The number of aromatic nitrogens is 2. The summed E-state index contributed by atoms with van der Waals surface area (Å²) in [7, 11) is 3.70. The molecule has 2 aliphatic heterocycles. The summed E-state index contributed by atoms with van der Waals surface area (Å²) in [4.78, 5) is 14.3. The van der Waals surface area contributed by atoms with Crippen molar-refractivity contribution in [1.29, 1.82) is 5.41 Å². The molecule has 2 aliphatic rings. The number of aromatic amines is 1. The molecule has 0 aliphatic carbocycles. The molecule has 2 aromatic carbocycles. The minimum atomic E-state index is 0.0975. The maximum Gasteiger partial charge on any atom is 0.145 e. The first-order valence-electron chi connectivity index (χ1n) is 10.5. The molecule has 1 saturated heterocycles. The number of ether oxygens (including phenoxy) is 1. The summed E-state index contributed by atoms with van der Waals surface area (Å²) in [5.74, 6) is 1.31. The largest absolute Gasteiger partial charge is 0.509 e. The smallest absolute Gasteiger partial charge is 0.145 e. The number of hydrogen-bond donors (Lipinski definition) is 3. The zero-order valence-electron chi connectivity index (χ0n) is 18.0. The molecule has 0 saturated carbocycles. The number of hydrogen-bond acceptors (Lipinski definition) is 6. The Morgan fingerprint density at radius 3 is 2.56 bits per heavy atom. The Kier molecular flexibility index (Phi) is 5.19. The molecule has 166 valence electrons. The van der Waals surface area contributed by atoms with Gasteiger partial charge in [0.25, 0.3) is 0 Å². The van der Waals surface area contributed by atoms with Gasteiger partial charge in [-0.25, -0.2) is 4.98 Å². The van der Waals surface area contributed by atoms with Crippen molar-refractivity contribution >= 4 is 45.4 Å². The van der Waals surface area contributed by atoms with Gasteiger partial charge in [0.2, 0.25) is 0 Å². The van der Waals surface area contributed by atoms with Crippen LogP contribution in [0.4, 0.5) is 11.4 Å². The number of fused-ring (bicyclic) bond motifs is 1. The van der Waals surface area contributed by atoms with Gasteiger partial charge in [0.05, 0.1) is 35.3 Å². The van der Waals surface area contributed by atoms with Gasteiger partial charge in [0.1, 0.15) is 23.2 Å². The fourth-order valence-electron chi connectivity index (χ4n) is 4.25. The van der Waals surface area contributed by atoms with Crippen molar-refractivity contribution in [2.45, 2.75) is 0 Å². The number of aliphatic hydroxyl groups is 1. The van der Waals surface area contributed by atoms with E-state index in [-0.39, 0.29) is 18.1 Å². The van der Waals surface area contributed by atoms with Crippen LogP contribution in [0, 0.1) is 5.41 Å². The van der Waals surface area contributed by atoms with Gasteiger partial charge in [-0.1, -0.05) is 11.6 Å². The summed E-state index contributed by atoms with van der Waals surface area (Å²) in [5.41, 5.74) is 3.94. The Labute approximate surface area is 191 Å². The normalized spacial score (nSPS) is 17.7. The highest BCUT2D eigenvalue weighted by molar-refractivity contribution is 6.33. The lowest BCUT2D eigenvalue weighted by Crippen LogP contribution is -2.44. The Bertz CT molecular complexity index is 1230. The molecule has 9 heteroatoms. The Morgan fingerprint density at radius 1 is 1.09 bits per heavy atom. The summed E-state index contributed by atoms with van der Waals surface area (Å²) >= 11 is 6.26. The first-order chi connectivity index (χ1) is 15.4. The number of nitrogens with zero attached hydrogens (tertiary/aromatic N) is 4. The zero-order valence-corrected chi connectivity index (χ0v) is 18.8. The molecule has 0 unspecified atom stereocenters. The van der Waals surface area contributed by atoms with E-state index in [1.807, 2.05) is 12.1 Å². The fourth-order valence-corrected chi connectivity index (χ4v) is 4.50. The minimum absolute atomic E-state index is 0.0975. The van der Waals surface area contributed by atoms with E-state index < -0.39 is 0 Å². The zero-order chi connectivity index (χ0) is 22.4. The van der Waals surface area contributed by atoms with Crippen molar-refractivity contribution in [3.63, 3.8) is 0 Å². The van der Waals surface area contributed by atoms with E-state index in [0.717, 1.165) is 42.9 Å². The van der Waals surface area contributed by atoms with Gasteiger partial charge in [-0.05, 0) is 43.4 Å². The minimum Gasteiger partial charge on any atom is -0.509 e. The number of nitrogens with one attached hydrogen (secondary N) is 2. The number of H-pyrrole nitrogens is 1. The van der Waals surface area contributed by atoms with E-state index in [9.17, 15) is 5.11 Å². The second kappa shape index (κ2) is 8.03. The van der Waals surface area contributed by atoms with Crippen LogP contribution in [0.15, 0.2) is 42.2 Å². The van der Waals surface area contributed by atoms with Crippen LogP contribution < -0.4 is 14.5 Å². The van der Waals surface area contributed by atoms with Gasteiger partial charge in [0.15, 0.2) is 0 Å². The van der Waals surface area contributed by atoms with Gasteiger partial charge >= 0.3 is 0 Å². The Hall–Kier alpha value is -3.23. The van der Waals surface area contributed by atoms with Gasteiger partial charge in [-0.3, -0.25) is 5.41 Å². The quantitative estimate of drug-likeness (QED) is 0.558. The molecule has 0 bridgehead atoms. The Morgan fingerprint density at radius 2 is 1.84 bits per heavy atom. The molecule has 0 radical (unpaired) electrons. The van der Waals surface area contributed by atoms with Crippen LogP contribution in [0.1, 0.15) is 5.82 Å². The number of rotatable bonds is 4. The van der Waals surface area contributed by atoms with Crippen LogP contribution >= 0.6 is 11.6 Å². The van der Waals surface area contributed by atoms with Crippen LogP contribution in [-0.2, 0) is 0 Å². The number of amidine groups is 1. The van der Waals surface area contributed by atoms with E-state index in [0.29, 0.717) is 27.9 Å². The summed E-state index contributed by atoms with van der Waals surface area (Å²) in [5, 5.41) is 19.8. The van der Waals surface area contributed by atoms with Gasteiger partial charge in [0, 0.05) is 37.6 Å². The van der Waals surface area contributed by atoms with Crippen molar-refractivity contribution in [2.75, 3.05) is 56.7 Å². The highest BCUT2D eigenvalue weighted by Gasteiger charge is 2.31. The molecule has 5 rings (SSSR count). The first kappa shape index (κ1) is 20.7. The summed E-state index contributed by atoms with van der Waals surface area (Å²) < 4.78 is 5.21. The highest BCUT2D eigenvalue weighted by Crippen LogP contribution is 2.35. The second-order valence-corrected chi connectivity index (χ2v) is 8.56. The van der Waals surface area contributed by atoms with Crippen LogP contribution in [0.3, 0.4) is 0 Å². The fraction of sp³-hybridized carbons (Fsp3) is 0.304. The van der Waals surface area contributed by atoms with Crippen LogP contribution in [-0.4, -0.2) is 72.7 Å². The number of aliphatic hydroxyl groups excluding tert-OH is 1. The van der Waals surface area contributed by atoms with E-state index >= 15 is 0 Å². The molecular weight excluding hydrogens is 428 g/mol. The second-order valence-electron chi connectivity index (χ2n) is 8.15. The Balaban J connectivity index is 1.42. The van der Waals surface area contributed by atoms with Crippen molar-refractivity contribution < 1.29 is 9.84 Å². The maximum atomic E-state index is 10.7. The standard InChI is InChI=1S/C23H25ClN6O2/c1-28-7-9-29(10-8-28)14-3-5-17-18(12-14)27-23(26-17)21-19(31)13-30(22(21)25)15-4-6-20(32-2)16(24)11-15/h3-6,11-12,25,31H,7-10,13H2,1-2H3,(H,26,27). The summed E-state index contributed by atoms with van der Waals surface area (Å²) in [6.07, 6.45) is 0. The molecule has 3 aromatic rings. The number of piperazine rings is 1. The summed E-state index contributed by atoms with van der Waals surface area (Å²) in [6.45, 7) is 4.23. The average molecular weight is 453 g/mol. The average Bonchev–Trinajstić information content (AvgIpc) is 3.33. The molecule has 3 N–H and O–H groups in total. The summed E-state index contributed by atoms with van der Waals surface area (Å²) in [6, 6.07) is 11.5. The van der Waals surface area contributed by atoms with E-state index in [1.54, 1.807) is 24.1 Å². The number of benzene rings is 2. The van der Waals surface area contributed by atoms with Crippen molar-refractivity contribution in [3.05, 3.63) is 53.0 Å². The molecule has 1 aromatic heterocycles. The predicted molar refractivity (Wildman–Crippen MR) is 128 cm³/mol. The topological polar surface area (TPSA) is 91.7 Å². The van der Waals surface area contributed by atoms with Crippen LogP contribution in [0.5, 0.6) is 5.75 Å². The number of anilines is 2. The predicted octanol–water partition coefficient (Wildman–Crippen LogP) is 3.74. The highest BCUT2D eigenvalue weighted by atomic mass is 35.5. The van der Waals surface area contributed by atoms with E-state index in [2.05, 4.69) is 38.9 Å². The van der Waals surface area contributed by atoms with Crippen molar-refractivity contribution in [2.24, 2.45) is 0 Å². The van der Waals surface area contributed by atoms with Crippen molar-refractivity contribution in [1.82, 2.24) is 14.9 Å². The molecule has 3 heterocycles. The SMILES string of the molecule is COc1ccc(N2CC(O)=C(c3nc4ccc(N5CCN(C)CC5)cc4[nH]3)C2=N)cc1Cl. The number of methoxy groups -OCH3 is 1. The number of imidazole rings is 1. The van der Waals surface area contributed by atoms with E-state index in [4.69, 9.17) is 21.7 Å².